The van der Waals surface area contributed by atoms with E-state index in [1.54, 1.807) is 61.5 Å². The Bertz CT molecular complexity index is 1060. The Morgan fingerprint density at radius 2 is 1.71 bits per heavy atom. The standard InChI is InChI=1S/C20H18ClN5O4S/c1-2-30-17(27)16-12-31-20(24-16)26(19(29)23-14-6-4-3-5-7-14)25-18(28)22-15-10-8-13(21)9-11-15/h3-12H,2H2,1H3,(H,23,29)(H2,22,25,28). The summed E-state index contributed by atoms with van der Waals surface area (Å²) in [6.45, 7) is 1.86. The molecule has 0 bridgehead atoms. The number of ether oxygens (including phenoxy) is 1. The fraction of sp³-hybridized carbons (Fsp3) is 0.100. The van der Waals surface area contributed by atoms with E-state index in [0.717, 1.165) is 16.3 Å². The number of rotatable bonds is 5. The molecule has 3 rings (SSSR count). The number of thiazole rings is 1. The highest BCUT2D eigenvalue weighted by atomic mass is 35.5. The van der Waals surface area contributed by atoms with Gasteiger partial charge in [-0.3, -0.25) is 0 Å². The number of urea groups is 2. The van der Waals surface area contributed by atoms with Gasteiger partial charge in [0.1, 0.15) is 0 Å². The summed E-state index contributed by atoms with van der Waals surface area (Å²) in [6, 6.07) is 13.8. The largest absolute Gasteiger partial charge is 0.461 e. The Morgan fingerprint density at radius 3 is 2.39 bits per heavy atom. The molecule has 1 heterocycles. The number of hydrogen-bond acceptors (Lipinski definition) is 6. The lowest BCUT2D eigenvalue weighted by molar-refractivity contribution is 0.0520. The lowest BCUT2D eigenvalue weighted by atomic mass is 10.3. The number of carbonyl (C=O) groups is 3. The predicted molar refractivity (Wildman–Crippen MR) is 120 cm³/mol. The van der Waals surface area contributed by atoms with Gasteiger partial charge < -0.3 is 15.4 Å². The molecule has 3 N–H and O–H groups in total. The van der Waals surface area contributed by atoms with Crippen molar-refractivity contribution in [2.75, 3.05) is 22.2 Å². The van der Waals surface area contributed by atoms with Crippen LogP contribution in [0, 0.1) is 0 Å². The van der Waals surface area contributed by atoms with E-state index >= 15 is 0 Å². The molecule has 0 aliphatic carbocycles. The van der Waals surface area contributed by atoms with Crippen molar-refractivity contribution in [1.82, 2.24) is 10.4 Å². The molecule has 0 saturated carbocycles. The van der Waals surface area contributed by atoms with E-state index in [1.807, 2.05) is 0 Å². The number of nitrogens with zero attached hydrogens (tertiary/aromatic N) is 2. The van der Waals surface area contributed by atoms with Crippen LogP contribution in [0.15, 0.2) is 60.0 Å². The molecule has 2 aromatic carbocycles. The third-order valence-corrected chi connectivity index (χ3v) is 4.79. The second kappa shape index (κ2) is 10.4. The maximum Gasteiger partial charge on any atom is 0.357 e. The van der Waals surface area contributed by atoms with Crippen LogP contribution < -0.4 is 21.1 Å². The predicted octanol–water partition coefficient (Wildman–Crippen LogP) is 4.75. The van der Waals surface area contributed by atoms with Crippen LogP contribution in [0.25, 0.3) is 0 Å². The van der Waals surface area contributed by atoms with Gasteiger partial charge in [0.2, 0.25) is 5.13 Å². The maximum absolute atomic E-state index is 12.9. The molecule has 0 aliphatic heterocycles. The molecule has 0 fully saturated rings. The van der Waals surface area contributed by atoms with Gasteiger partial charge in [-0.25, -0.2) is 24.8 Å². The SMILES string of the molecule is CCOC(=O)c1csc(N(NC(=O)Nc2ccc(Cl)cc2)C(=O)Nc2ccccc2)n1. The van der Waals surface area contributed by atoms with Gasteiger partial charge >= 0.3 is 18.0 Å². The molecule has 0 spiro atoms. The van der Waals surface area contributed by atoms with E-state index in [2.05, 4.69) is 21.0 Å². The summed E-state index contributed by atoms with van der Waals surface area (Å²) >= 11 is 6.84. The second-order valence-corrected chi connectivity index (χ2v) is 7.21. The summed E-state index contributed by atoms with van der Waals surface area (Å²) in [6.07, 6.45) is 0. The minimum Gasteiger partial charge on any atom is -0.461 e. The van der Waals surface area contributed by atoms with Gasteiger partial charge in [-0.15, -0.1) is 11.3 Å². The van der Waals surface area contributed by atoms with Crippen molar-refractivity contribution in [2.24, 2.45) is 0 Å². The summed E-state index contributed by atoms with van der Waals surface area (Å²) in [4.78, 5) is 41.4. The number of amides is 4. The van der Waals surface area contributed by atoms with Crippen LogP contribution in [0.4, 0.5) is 26.1 Å². The van der Waals surface area contributed by atoms with Crippen molar-refractivity contribution >= 4 is 57.5 Å². The van der Waals surface area contributed by atoms with Gasteiger partial charge in [-0.05, 0) is 43.3 Å². The number of carbonyl (C=O) groups excluding carboxylic acids is 3. The number of hydrazine groups is 1. The molecular weight excluding hydrogens is 442 g/mol. The highest BCUT2D eigenvalue weighted by Gasteiger charge is 2.24. The van der Waals surface area contributed by atoms with Gasteiger partial charge in [0.25, 0.3) is 0 Å². The number of halogens is 1. The summed E-state index contributed by atoms with van der Waals surface area (Å²) in [5, 5.41) is 8.19. The third kappa shape index (κ3) is 6.17. The zero-order valence-electron chi connectivity index (χ0n) is 16.3. The van der Waals surface area contributed by atoms with Crippen molar-refractivity contribution in [3.63, 3.8) is 0 Å². The Hall–Kier alpha value is -3.63. The first-order valence-electron chi connectivity index (χ1n) is 9.08. The highest BCUT2D eigenvalue weighted by molar-refractivity contribution is 7.14. The Balaban J connectivity index is 1.79. The number of esters is 1. The van der Waals surface area contributed by atoms with Crippen molar-refractivity contribution < 1.29 is 19.1 Å². The molecule has 0 radical (unpaired) electrons. The summed E-state index contributed by atoms with van der Waals surface area (Å²) in [5.74, 6) is -0.626. The summed E-state index contributed by atoms with van der Waals surface area (Å²) in [5.41, 5.74) is 3.44. The van der Waals surface area contributed by atoms with Crippen molar-refractivity contribution in [3.05, 3.63) is 70.7 Å². The van der Waals surface area contributed by atoms with E-state index in [0.29, 0.717) is 16.4 Å². The lowest BCUT2D eigenvalue weighted by Crippen LogP contribution is -2.50. The maximum atomic E-state index is 12.9. The smallest absolute Gasteiger partial charge is 0.357 e. The van der Waals surface area contributed by atoms with Gasteiger partial charge in [-0.2, -0.15) is 5.01 Å². The third-order valence-electron chi connectivity index (χ3n) is 3.71. The topological polar surface area (TPSA) is 113 Å². The molecule has 0 unspecified atom stereocenters. The molecule has 9 nitrogen and oxygen atoms in total. The fourth-order valence-corrected chi connectivity index (χ4v) is 3.22. The van der Waals surface area contributed by atoms with Gasteiger partial charge in [0, 0.05) is 21.8 Å². The van der Waals surface area contributed by atoms with Crippen molar-refractivity contribution in [3.8, 4) is 0 Å². The normalized spacial score (nSPS) is 10.1. The average Bonchev–Trinajstić information content (AvgIpc) is 3.24. The first-order chi connectivity index (χ1) is 15.0. The summed E-state index contributed by atoms with van der Waals surface area (Å²) in [7, 11) is 0. The molecule has 160 valence electrons. The van der Waals surface area contributed by atoms with Crippen molar-refractivity contribution in [1.29, 1.82) is 0 Å². The van der Waals surface area contributed by atoms with Crippen LogP contribution in [0.5, 0.6) is 0 Å². The number of aromatic nitrogens is 1. The lowest BCUT2D eigenvalue weighted by Gasteiger charge is -2.21. The zero-order valence-corrected chi connectivity index (χ0v) is 17.9. The van der Waals surface area contributed by atoms with Crippen LogP contribution >= 0.6 is 22.9 Å². The first-order valence-corrected chi connectivity index (χ1v) is 10.3. The Labute approximate surface area is 187 Å². The minimum absolute atomic E-state index is 0.0271. The monoisotopic (exact) mass is 459 g/mol. The van der Waals surface area contributed by atoms with Gasteiger partial charge in [0.15, 0.2) is 5.69 Å². The highest BCUT2D eigenvalue weighted by Crippen LogP contribution is 2.21. The summed E-state index contributed by atoms with van der Waals surface area (Å²) < 4.78 is 4.92. The number of para-hydroxylation sites is 1. The zero-order chi connectivity index (χ0) is 22.2. The minimum atomic E-state index is -0.696. The van der Waals surface area contributed by atoms with Gasteiger partial charge in [0.05, 0.1) is 6.61 Å². The Kier molecular flexibility index (Phi) is 7.41. The second-order valence-electron chi connectivity index (χ2n) is 5.94. The van der Waals surface area contributed by atoms with Crippen LogP contribution in [-0.4, -0.2) is 29.6 Å². The molecule has 0 atom stereocenters. The average molecular weight is 460 g/mol. The molecule has 31 heavy (non-hydrogen) atoms. The number of hydrogen-bond donors (Lipinski definition) is 3. The van der Waals surface area contributed by atoms with E-state index in [9.17, 15) is 14.4 Å². The molecule has 11 heteroatoms. The molecular formula is C20H18ClN5O4S. The molecule has 0 aliphatic rings. The van der Waals surface area contributed by atoms with E-state index < -0.39 is 18.0 Å². The van der Waals surface area contributed by atoms with Crippen LogP contribution in [0.3, 0.4) is 0 Å². The first kappa shape index (κ1) is 22.1. The van der Waals surface area contributed by atoms with E-state index in [1.165, 1.54) is 5.38 Å². The fourth-order valence-electron chi connectivity index (χ4n) is 2.35. The van der Waals surface area contributed by atoms with Gasteiger partial charge in [-0.1, -0.05) is 29.8 Å². The Morgan fingerprint density at radius 1 is 1.03 bits per heavy atom. The number of nitrogens with one attached hydrogen (secondary N) is 3. The van der Waals surface area contributed by atoms with Crippen LogP contribution in [-0.2, 0) is 4.74 Å². The van der Waals surface area contributed by atoms with E-state index in [4.69, 9.17) is 16.3 Å². The number of benzene rings is 2. The molecule has 4 amide bonds. The molecule has 1 aromatic heterocycles. The molecule has 0 saturated heterocycles. The van der Waals surface area contributed by atoms with Crippen LogP contribution in [0.2, 0.25) is 5.02 Å². The van der Waals surface area contributed by atoms with Crippen LogP contribution in [0.1, 0.15) is 17.4 Å². The quantitative estimate of drug-likeness (QED) is 0.376. The molecule has 3 aromatic rings. The van der Waals surface area contributed by atoms with Crippen molar-refractivity contribution in [2.45, 2.75) is 6.92 Å². The van der Waals surface area contributed by atoms with E-state index in [-0.39, 0.29) is 17.4 Å². The number of anilines is 3.